The van der Waals surface area contributed by atoms with Gasteiger partial charge >= 0.3 is 12.1 Å². The van der Waals surface area contributed by atoms with Crippen LogP contribution in [0.4, 0.5) is 17.6 Å². The third-order valence-corrected chi connectivity index (χ3v) is 7.67. The Morgan fingerprint density at radius 3 is 2.70 bits per heavy atom. The molecule has 5 rings (SSSR count). The van der Waals surface area contributed by atoms with E-state index in [0.29, 0.717) is 62.1 Å². The Labute approximate surface area is 261 Å². The molecule has 1 aliphatic rings. The van der Waals surface area contributed by atoms with Crippen LogP contribution in [0.3, 0.4) is 0 Å². The molecule has 246 valence electrons. The van der Waals surface area contributed by atoms with Crippen LogP contribution in [0.15, 0.2) is 53.5 Å². The van der Waals surface area contributed by atoms with Crippen LogP contribution in [-0.2, 0) is 11.2 Å². The number of guanidine groups is 1. The van der Waals surface area contributed by atoms with Gasteiger partial charge in [0.05, 0.1) is 30.6 Å². The lowest BCUT2D eigenvalue weighted by molar-refractivity contribution is -0.275. The number of morpholine rings is 1. The van der Waals surface area contributed by atoms with Gasteiger partial charge in [0.25, 0.3) is 0 Å². The van der Waals surface area contributed by atoms with Crippen LogP contribution in [0.2, 0.25) is 0 Å². The normalized spacial score (nSPS) is 17.6. The van der Waals surface area contributed by atoms with Crippen molar-refractivity contribution in [3.8, 4) is 22.7 Å². The van der Waals surface area contributed by atoms with Crippen molar-refractivity contribution in [1.82, 2.24) is 25.2 Å². The van der Waals surface area contributed by atoms with Crippen molar-refractivity contribution >= 4 is 17.0 Å². The summed E-state index contributed by atoms with van der Waals surface area (Å²) in [5.74, 6) is -2.22. The van der Waals surface area contributed by atoms with Crippen molar-refractivity contribution in [2.45, 2.75) is 57.1 Å². The summed E-state index contributed by atoms with van der Waals surface area (Å²) in [4.78, 5) is 20.0. The van der Waals surface area contributed by atoms with E-state index >= 15 is 4.39 Å². The highest BCUT2D eigenvalue weighted by molar-refractivity contribution is 5.83. The number of ether oxygens (including phenoxy) is 2. The highest BCUT2D eigenvalue weighted by Crippen LogP contribution is 2.35. The van der Waals surface area contributed by atoms with E-state index in [9.17, 15) is 18.0 Å². The summed E-state index contributed by atoms with van der Waals surface area (Å²) < 4.78 is 65.8. The first-order valence-electron chi connectivity index (χ1n) is 14.8. The highest BCUT2D eigenvalue weighted by Gasteiger charge is 2.33. The van der Waals surface area contributed by atoms with Gasteiger partial charge < -0.3 is 36.6 Å². The molecule has 0 amide bonds. The van der Waals surface area contributed by atoms with Crippen molar-refractivity contribution < 1.29 is 27.0 Å². The molecule has 1 aliphatic heterocycles. The second-order valence-corrected chi connectivity index (χ2v) is 11.4. The minimum Gasteiger partial charge on any atom is -0.403 e. The second-order valence-electron chi connectivity index (χ2n) is 11.4. The minimum atomic E-state index is -5.08. The summed E-state index contributed by atoms with van der Waals surface area (Å²) in [6, 6.07) is 11.2. The third-order valence-electron chi connectivity index (χ3n) is 7.67. The van der Waals surface area contributed by atoms with Crippen molar-refractivity contribution in [1.29, 1.82) is 5.41 Å². The number of fused-ring (bicyclic) bond motifs is 1. The Hall–Kier alpha value is -4.47. The Morgan fingerprint density at radius 1 is 1.24 bits per heavy atom. The number of nitrogens with one attached hydrogen (secondary N) is 4. The molecule has 2 aromatic heterocycles. The summed E-state index contributed by atoms with van der Waals surface area (Å²) in [6.07, 6.45) is -1.24. The maximum absolute atomic E-state index is 15.4. The predicted octanol–water partition coefficient (Wildman–Crippen LogP) is 3.99. The van der Waals surface area contributed by atoms with E-state index in [1.165, 1.54) is 22.9 Å². The van der Waals surface area contributed by atoms with Crippen molar-refractivity contribution in [3.05, 3.63) is 76.1 Å². The van der Waals surface area contributed by atoms with E-state index in [-0.39, 0.29) is 41.0 Å². The summed E-state index contributed by atoms with van der Waals surface area (Å²) >= 11 is 0. The van der Waals surface area contributed by atoms with Gasteiger partial charge in [0, 0.05) is 35.8 Å². The fraction of sp³-hybridized carbons (Fsp3) is 0.387. The third kappa shape index (κ3) is 8.21. The van der Waals surface area contributed by atoms with E-state index < -0.39 is 23.6 Å². The monoisotopic (exact) mass is 644 g/mol. The Kier molecular flexibility index (Phi) is 9.94. The summed E-state index contributed by atoms with van der Waals surface area (Å²) in [5, 5.41) is 14.0. The molecule has 2 aromatic carbocycles. The summed E-state index contributed by atoms with van der Waals surface area (Å²) in [5.41, 5.74) is 12.6. The minimum absolute atomic E-state index is 0.0681. The Morgan fingerprint density at radius 2 is 2.00 bits per heavy atom. The number of aryl methyl sites for hydroxylation is 1. The number of H-pyrrole nitrogens is 1. The molecule has 3 heterocycles. The molecule has 0 bridgehead atoms. The van der Waals surface area contributed by atoms with Crippen LogP contribution < -0.4 is 32.5 Å². The number of nitrogens with two attached hydrogens (primary N) is 2. The molecule has 1 saturated heterocycles. The number of hydrogen-bond acceptors (Lipinski definition) is 7. The maximum atomic E-state index is 15.4. The molecule has 11 nitrogen and oxygen atoms in total. The standard InChI is InChI=1S/C31H36F4N8O3/c1-17(36)3-2-4-18-11-23(27(32)26(12-18)46-31(33,34)35)24-13-20-14-43(30(44)42-28(20)41-24)22-7-5-19(6-8-22)25-16-45-15-21(40-25)9-10-39-29(37)38/h5-8,11-14,17,21,25,40H,2-4,9-10,15-16,36H2,1H3,(H4,37,38,39)(H,41,42,44)/t17-,21-,25-/m0/s1. The van der Waals surface area contributed by atoms with Crippen LogP contribution in [0.25, 0.3) is 28.0 Å². The average Bonchev–Trinajstić information content (AvgIpc) is 3.40. The number of halogens is 4. The van der Waals surface area contributed by atoms with Gasteiger partial charge in [-0.1, -0.05) is 12.1 Å². The molecular weight excluding hydrogens is 608 g/mol. The summed E-state index contributed by atoms with van der Waals surface area (Å²) in [7, 11) is 0. The first-order chi connectivity index (χ1) is 21.9. The molecule has 0 spiro atoms. The molecule has 0 saturated carbocycles. The Balaban J connectivity index is 1.39. The SMILES string of the molecule is C[C@H](N)CCCc1cc(OC(F)(F)F)c(F)c(-c2cc3cn(-c4ccc([C@@H]5COC[C@H](CCNC(=N)N)N5)cc4)c(=O)nc3[nH]2)c1. The number of benzene rings is 2. The van der Waals surface area contributed by atoms with E-state index in [0.717, 1.165) is 11.6 Å². The van der Waals surface area contributed by atoms with Crippen molar-refractivity contribution in [3.63, 3.8) is 0 Å². The van der Waals surface area contributed by atoms with Gasteiger partial charge in [0.1, 0.15) is 5.65 Å². The molecule has 0 unspecified atom stereocenters. The van der Waals surface area contributed by atoms with Crippen LogP contribution in [0.5, 0.6) is 5.75 Å². The number of hydrogen-bond donors (Lipinski definition) is 6. The van der Waals surface area contributed by atoms with Crippen LogP contribution in [0, 0.1) is 11.2 Å². The largest absolute Gasteiger partial charge is 0.573 e. The predicted molar refractivity (Wildman–Crippen MR) is 165 cm³/mol. The highest BCUT2D eigenvalue weighted by atomic mass is 19.4. The smallest absolute Gasteiger partial charge is 0.403 e. The molecule has 46 heavy (non-hydrogen) atoms. The van der Waals surface area contributed by atoms with Crippen molar-refractivity contribution in [2.24, 2.45) is 11.5 Å². The van der Waals surface area contributed by atoms with E-state index in [1.807, 2.05) is 19.1 Å². The number of aromatic amines is 1. The molecule has 8 N–H and O–H groups in total. The fourth-order valence-corrected chi connectivity index (χ4v) is 5.46. The average molecular weight is 645 g/mol. The Bertz CT molecular complexity index is 1740. The van der Waals surface area contributed by atoms with E-state index in [4.69, 9.17) is 21.6 Å². The van der Waals surface area contributed by atoms with Gasteiger partial charge in [-0.25, -0.2) is 9.18 Å². The van der Waals surface area contributed by atoms with E-state index in [1.54, 1.807) is 12.1 Å². The van der Waals surface area contributed by atoms with Gasteiger partial charge in [0.15, 0.2) is 17.5 Å². The number of alkyl halides is 3. The second kappa shape index (κ2) is 13.9. The summed E-state index contributed by atoms with van der Waals surface area (Å²) in [6.45, 7) is 3.37. The molecule has 3 atom stereocenters. The molecule has 4 aromatic rings. The molecule has 1 fully saturated rings. The van der Waals surface area contributed by atoms with Crippen LogP contribution in [-0.4, -0.2) is 58.7 Å². The van der Waals surface area contributed by atoms with Gasteiger partial charge in [-0.15, -0.1) is 13.2 Å². The zero-order valence-corrected chi connectivity index (χ0v) is 25.1. The first kappa shape index (κ1) is 32.9. The number of rotatable bonds is 11. The van der Waals surface area contributed by atoms with E-state index in [2.05, 4.69) is 25.3 Å². The maximum Gasteiger partial charge on any atom is 0.573 e. The van der Waals surface area contributed by atoms with Gasteiger partial charge in [-0.3, -0.25) is 9.98 Å². The number of aromatic nitrogens is 3. The van der Waals surface area contributed by atoms with Crippen LogP contribution in [0.1, 0.15) is 43.4 Å². The van der Waals surface area contributed by atoms with Gasteiger partial charge in [0.2, 0.25) is 0 Å². The fourth-order valence-electron chi connectivity index (χ4n) is 5.46. The lowest BCUT2D eigenvalue weighted by Crippen LogP contribution is -2.45. The lowest BCUT2D eigenvalue weighted by atomic mass is 10.0. The topological polar surface area (TPSA) is 169 Å². The molecule has 0 aliphatic carbocycles. The molecule has 0 radical (unpaired) electrons. The zero-order chi connectivity index (χ0) is 33.0. The quantitative estimate of drug-likeness (QED) is 0.0809. The van der Waals surface area contributed by atoms with Crippen LogP contribution >= 0.6 is 0 Å². The number of nitrogens with zero attached hydrogens (tertiary/aromatic N) is 2. The zero-order valence-electron chi connectivity index (χ0n) is 25.1. The van der Waals surface area contributed by atoms with Gasteiger partial charge in [-0.2, -0.15) is 4.98 Å². The first-order valence-corrected chi connectivity index (χ1v) is 14.8. The molecule has 15 heteroatoms. The van der Waals surface area contributed by atoms with Crippen molar-refractivity contribution in [2.75, 3.05) is 19.8 Å². The van der Waals surface area contributed by atoms with Gasteiger partial charge in [-0.05, 0) is 74.1 Å². The molecular formula is C31H36F4N8O3. The lowest BCUT2D eigenvalue weighted by Gasteiger charge is -2.31.